The van der Waals surface area contributed by atoms with Gasteiger partial charge in [0, 0.05) is 68.0 Å². The first-order valence-corrected chi connectivity index (χ1v) is 17.8. The first-order valence-electron chi connectivity index (χ1n) is 17.8. The fourth-order valence-corrected chi connectivity index (χ4v) is 6.66. The highest BCUT2D eigenvalue weighted by molar-refractivity contribution is 5.84. The summed E-state index contributed by atoms with van der Waals surface area (Å²) in [5.41, 5.74) is 2.97. The standard InChI is InChI=1S/C32H42N18O3/c1-2-50-47-28(46-48-50)26-24(51)25(52)30(53-26)49-17-40-23-27(44-32(45-29(23)49)37-11-8-21-14-34-16-39-21)42-19-5-3-18(4-6-19)41-22-9-12-36-31(43-22)35-10-7-20-13-33-15-38-20/h9,12-19,24-26,30,51-52H,2-8,10-11H2,1H3,(H,33,38)(H,34,39)(H2,35,36,41,43)(H2,37,42,44,45). The Morgan fingerprint density at radius 2 is 1.58 bits per heavy atom. The van der Waals surface area contributed by atoms with Crippen LogP contribution < -0.4 is 21.3 Å². The molecule has 7 heterocycles. The second kappa shape index (κ2) is 15.4. The summed E-state index contributed by atoms with van der Waals surface area (Å²) in [5, 5.41) is 48.2. The number of ether oxygens (including phenoxy) is 1. The maximum Gasteiger partial charge on any atom is 0.226 e. The lowest BCUT2D eigenvalue weighted by atomic mass is 9.91. The van der Waals surface area contributed by atoms with Gasteiger partial charge in [-0.2, -0.15) is 19.7 Å². The van der Waals surface area contributed by atoms with E-state index in [4.69, 9.17) is 14.7 Å². The average Bonchev–Trinajstić information content (AvgIpc) is 4.03. The molecule has 6 aromatic rings. The zero-order valence-electron chi connectivity index (χ0n) is 29.0. The molecule has 278 valence electrons. The van der Waals surface area contributed by atoms with E-state index in [1.807, 2.05) is 19.2 Å². The number of aliphatic hydroxyl groups is 2. The molecule has 53 heavy (non-hydrogen) atoms. The summed E-state index contributed by atoms with van der Waals surface area (Å²) in [6.45, 7) is 3.62. The van der Waals surface area contributed by atoms with Crippen molar-refractivity contribution in [3.05, 3.63) is 60.9 Å². The first kappa shape index (κ1) is 34.3. The molecule has 21 heteroatoms. The molecule has 8 N–H and O–H groups in total. The van der Waals surface area contributed by atoms with Gasteiger partial charge in [-0.1, -0.05) is 0 Å². The molecule has 0 aromatic carbocycles. The predicted octanol–water partition coefficient (Wildman–Crippen LogP) is 1.21. The summed E-state index contributed by atoms with van der Waals surface area (Å²) in [6.07, 6.45) is 10.7. The molecule has 1 aliphatic heterocycles. The number of imidazole rings is 3. The highest BCUT2D eigenvalue weighted by atomic mass is 16.6. The van der Waals surface area contributed by atoms with Crippen molar-refractivity contribution in [1.82, 2.24) is 69.6 Å². The topological polar surface area (TPSA) is 268 Å². The Balaban J connectivity index is 0.949. The summed E-state index contributed by atoms with van der Waals surface area (Å²) in [4.78, 5) is 39.0. The van der Waals surface area contributed by atoms with Gasteiger partial charge < -0.3 is 46.2 Å². The number of anilines is 4. The number of nitrogens with zero attached hydrogens (tertiary/aromatic N) is 12. The third-order valence-corrected chi connectivity index (χ3v) is 9.48. The Hall–Kier alpha value is -5.80. The molecule has 0 amide bonds. The Kier molecular flexibility index (Phi) is 9.99. The number of aliphatic hydroxyl groups excluding tert-OH is 2. The van der Waals surface area contributed by atoms with E-state index in [0.717, 1.165) is 49.3 Å². The van der Waals surface area contributed by atoms with Crippen LogP contribution >= 0.6 is 0 Å². The lowest BCUT2D eigenvalue weighted by Gasteiger charge is -2.30. The SMILES string of the molecule is CCn1nnc(C2OC(n3cnc4c(NC5CCC(Nc6ccnc(NCCc7cnc[nH]7)n6)CC5)nc(NCCc5cnc[nH]5)nc43)C(O)C2O)n1. The van der Waals surface area contributed by atoms with Gasteiger partial charge in [-0.05, 0) is 43.9 Å². The van der Waals surface area contributed by atoms with Crippen LogP contribution in [0.2, 0.25) is 0 Å². The predicted molar refractivity (Wildman–Crippen MR) is 191 cm³/mol. The Bertz CT molecular complexity index is 2060. The van der Waals surface area contributed by atoms with Crippen LogP contribution in [-0.2, 0) is 24.1 Å². The van der Waals surface area contributed by atoms with E-state index in [1.54, 1.807) is 35.9 Å². The molecule has 2 aliphatic rings. The van der Waals surface area contributed by atoms with E-state index < -0.39 is 24.5 Å². The minimum Gasteiger partial charge on any atom is -0.387 e. The summed E-state index contributed by atoms with van der Waals surface area (Å²) >= 11 is 0. The molecular weight excluding hydrogens is 684 g/mol. The van der Waals surface area contributed by atoms with Crippen LogP contribution in [0.25, 0.3) is 11.2 Å². The van der Waals surface area contributed by atoms with Crippen LogP contribution in [-0.4, -0.2) is 117 Å². The third kappa shape index (κ3) is 7.71. The van der Waals surface area contributed by atoms with Gasteiger partial charge in [-0.25, -0.2) is 19.9 Å². The summed E-state index contributed by atoms with van der Waals surface area (Å²) < 4.78 is 7.77. The van der Waals surface area contributed by atoms with E-state index >= 15 is 0 Å². The molecule has 1 saturated heterocycles. The van der Waals surface area contributed by atoms with Crippen molar-refractivity contribution in [3.8, 4) is 0 Å². The average molecular weight is 727 g/mol. The van der Waals surface area contributed by atoms with Crippen molar-refractivity contribution in [1.29, 1.82) is 0 Å². The summed E-state index contributed by atoms with van der Waals surface area (Å²) in [7, 11) is 0. The molecule has 1 saturated carbocycles. The van der Waals surface area contributed by atoms with Crippen LogP contribution in [0.15, 0.2) is 43.6 Å². The number of aromatic amines is 2. The monoisotopic (exact) mass is 726 g/mol. The number of tetrazole rings is 1. The molecule has 1 aliphatic carbocycles. The zero-order valence-corrected chi connectivity index (χ0v) is 29.0. The number of H-pyrrole nitrogens is 2. The van der Waals surface area contributed by atoms with E-state index in [1.165, 1.54) is 4.80 Å². The van der Waals surface area contributed by atoms with Crippen LogP contribution in [0, 0.1) is 0 Å². The molecule has 8 rings (SSSR count). The lowest BCUT2D eigenvalue weighted by Crippen LogP contribution is -2.33. The maximum atomic E-state index is 11.1. The maximum absolute atomic E-state index is 11.1. The molecule has 0 bridgehead atoms. The Morgan fingerprint density at radius 1 is 0.868 bits per heavy atom. The van der Waals surface area contributed by atoms with Gasteiger partial charge in [-0.3, -0.25) is 4.57 Å². The van der Waals surface area contributed by atoms with Crippen molar-refractivity contribution in [3.63, 3.8) is 0 Å². The van der Waals surface area contributed by atoms with E-state index in [0.29, 0.717) is 54.9 Å². The van der Waals surface area contributed by atoms with Crippen molar-refractivity contribution >= 4 is 34.7 Å². The van der Waals surface area contributed by atoms with Crippen molar-refractivity contribution in [2.45, 2.75) is 88.6 Å². The second-order valence-corrected chi connectivity index (χ2v) is 13.1. The number of nitrogens with one attached hydrogen (secondary N) is 6. The largest absolute Gasteiger partial charge is 0.387 e. The van der Waals surface area contributed by atoms with Gasteiger partial charge in [0.2, 0.25) is 17.7 Å². The van der Waals surface area contributed by atoms with Crippen molar-refractivity contribution < 1.29 is 14.9 Å². The lowest BCUT2D eigenvalue weighted by molar-refractivity contribution is -0.0384. The minimum atomic E-state index is -1.30. The molecule has 2 fully saturated rings. The minimum absolute atomic E-state index is 0.131. The van der Waals surface area contributed by atoms with Crippen LogP contribution in [0.5, 0.6) is 0 Å². The number of hydrogen-bond acceptors (Lipinski definition) is 17. The second-order valence-electron chi connectivity index (χ2n) is 13.1. The van der Waals surface area contributed by atoms with Crippen molar-refractivity contribution in [2.75, 3.05) is 34.4 Å². The Morgan fingerprint density at radius 3 is 2.26 bits per heavy atom. The molecule has 6 aromatic heterocycles. The van der Waals surface area contributed by atoms with E-state index in [-0.39, 0.29) is 17.9 Å². The van der Waals surface area contributed by atoms with Crippen LogP contribution in [0.4, 0.5) is 23.5 Å². The summed E-state index contributed by atoms with van der Waals surface area (Å²) in [5.74, 6) is 2.49. The van der Waals surface area contributed by atoms with Gasteiger partial charge in [0.15, 0.2) is 29.3 Å². The van der Waals surface area contributed by atoms with Crippen LogP contribution in [0.3, 0.4) is 0 Å². The Labute approximate surface area is 302 Å². The van der Waals surface area contributed by atoms with Crippen molar-refractivity contribution in [2.24, 2.45) is 0 Å². The van der Waals surface area contributed by atoms with E-state index in [9.17, 15) is 10.2 Å². The van der Waals surface area contributed by atoms with Gasteiger partial charge in [0.1, 0.15) is 18.0 Å². The normalized spacial score (nSPS) is 23.0. The number of hydrogen-bond donors (Lipinski definition) is 8. The molecule has 0 radical (unpaired) electrons. The van der Waals surface area contributed by atoms with Gasteiger partial charge in [-0.15, -0.1) is 10.2 Å². The number of fused-ring (bicyclic) bond motifs is 1. The van der Waals surface area contributed by atoms with Crippen LogP contribution in [0.1, 0.15) is 62.2 Å². The summed E-state index contributed by atoms with van der Waals surface area (Å²) in [6, 6.07) is 2.27. The third-order valence-electron chi connectivity index (χ3n) is 9.48. The number of aromatic nitrogens is 14. The first-order chi connectivity index (χ1) is 26.0. The molecule has 21 nitrogen and oxygen atoms in total. The zero-order chi connectivity index (χ0) is 36.1. The molecule has 4 unspecified atom stereocenters. The highest BCUT2D eigenvalue weighted by Crippen LogP contribution is 2.39. The number of rotatable bonds is 15. The number of aryl methyl sites for hydroxylation is 1. The van der Waals surface area contributed by atoms with E-state index in [2.05, 4.69) is 71.6 Å². The molecule has 4 atom stereocenters. The quantitative estimate of drug-likeness (QED) is 0.0739. The fraction of sp³-hybridized carbons (Fsp3) is 0.500. The molecular formula is C32H42N18O3. The highest BCUT2D eigenvalue weighted by Gasteiger charge is 2.47. The fourth-order valence-electron chi connectivity index (χ4n) is 6.66. The van der Waals surface area contributed by atoms with Gasteiger partial charge in [0.25, 0.3) is 0 Å². The van der Waals surface area contributed by atoms with Gasteiger partial charge in [0.05, 0.1) is 25.5 Å². The smallest absolute Gasteiger partial charge is 0.226 e. The van der Waals surface area contributed by atoms with Gasteiger partial charge >= 0.3 is 0 Å². The molecule has 0 spiro atoms.